The number of nitrogens with zero attached hydrogens (tertiary/aromatic N) is 3. The number of hydrogen-bond donors (Lipinski definition) is 4. The van der Waals surface area contributed by atoms with Crippen LogP contribution in [0.15, 0.2) is 143 Å². The highest BCUT2D eigenvalue weighted by Gasteiger charge is 2.32. The molecule has 2 aromatic heterocycles. The summed E-state index contributed by atoms with van der Waals surface area (Å²) in [5, 5.41) is 14.3. The van der Waals surface area contributed by atoms with Crippen molar-refractivity contribution in [3.63, 3.8) is 0 Å². The lowest BCUT2D eigenvalue weighted by molar-refractivity contribution is 0.0198. The van der Waals surface area contributed by atoms with Gasteiger partial charge >= 0.3 is 6.09 Å². The van der Waals surface area contributed by atoms with Crippen LogP contribution < -0.4 is 35.7 Å². The minimum Gasteiger partial charge on any atom is -0.507 e. The number of methoxy groups -OCH3 is 1. The lowest BCUT2D eigenvalue weighted by Gasteiger charge is -2.35. The topological polar surface area (TPSA) is 177 Å². The van der Waals surface area contributed by atoms with Gasteiger partial charge in [0.05, 0.1) is 42.8 Å². The van der Waals surface area contributed by atoms with Crippen molar-refractivity contribution in [2.24, 2.45) is 11.8 Å². The first-order valence-corrected chi connectivity index (χ1v) is 30.9. The zero-order valence-corrected chi connectivity index (χ0v) is 50.6. The van der Waals surface area contributed by atoms with Gasteiger partial charge in [-0.3, -0.25) is 0 Å². The van der Waals surface area contributed by atoms with Crippen molar-refractivity contribution in [2.45, 2.75) is 117 Å². The Balaban J connectivity index is 0.000000212. The molecule has 2 atom stereocenters. The van der Waals surface area contributed by atoms with Crippen molar-refractivity contribution in [3.8, 4) is 51.3 Å². The van der Waals surface area contributed by atoms with Crippen molar-refractivity contribution < 1.29 is 33.6 Å². The number of aromatic nitrogens is 2. The molecule has 0 radical (unpaired) electrons. The number of phenolic OH excluding ortho intramolecular Hbond substituents is 1. The fourth-order valence-corrected chi connectivity index (χ4v) is 12.4. The van der Waals surface area contributed by atoms with Crippen LogP contribution in [0.2, 0.25) is 0 Å². The first-order valence-electron chi connectivity index (χ1n) is 29.0. The molecule has 4 fully saturated rings. The van der Waals surface area contributed by atoms with E-state index in [1.165, 1.54) is 36.1 Å². The van der Waals surface area contributed by atoms with Gasteiger partial charge < -0.3 is 50.5 Å². The molecule has 5 aromatic carbocycles. The van der Waals surface area contributed by atoms with Gasteiger partial charge in [-0.25, -0.2) is 14.8 Å². The average Bonchev–Trinajstić information content (AvgIpc) is 4.46. The van der Waals surface area contributed by atoms with E-state index < -0.39 is 5.60 Å². The van der Waals surface area contributed by atoms with Crippen molar-refractivity contribution >= 4 is 53.7 Å². The number of nitrogens with two attached hydrogens (primary N) is 2. The van der Waals surface area contributed by atoms with Crippen LogP contribution in [0.3, 0.4) is 0 Å². The standard InChI is InChI=1S/C40H47N3O5S.C27H31N3O2S.ClH/c1-40(2,3)48-39(44)43-21-9-10-29(23-43)32-22-34(42-38(41)33(32)26-49-31-11-6-5-7-12-31)37-35(46-24-27-15-16-27)13-8-14-36(37)47-25-28-17-19-30(45-4)20-18-28;28-27-22(17-33-20-7-2-1-3-8-20)21(19-6-5-13-29-15-19)14-23(30-27)26-24(31)9-4-10-25(26)32-16-18-11-12-18;/h5-8,11-14,17-20,22,27,29H,9-10,15-16,21,23-26H2,1-4H3,(H2,41,42);1-4,7-10,14,18-19,29,31H,5-6,11-13,15-17H2,(H2,28,30);1H. The molecule has 4 heterocycles. The van der Waals surface area contributed by atoms with E-state index in [1.807, 2.05) is 105 Å². The number of aromatic hydroxyl groups is 1. The maximum Gasteiger partial charge on any atom is 0.410 e. The fraction of sp³-hybridized carbons (Fsp3) is 0.388. The lowest BCUT2D eigenvalue weighted by atomic mass is 9.87. The first kappa shape index (κ1) is 60.8. The van der Waals surface area contributed by atoms with E-state index in [9.17, 15) is 9.90 Å². The number of pyridine rings is 2. The molecule has 0 bridgehead atoms. The van der Waals surface area contributed by atoms with Gasteiger partial charge in [0.1, 0.15) is 52.6 Å². The van der Waals surface area contributed by atoms with Crippen LogP contribution in [0, 0.1) is 11.8 Å². The van der Waals surface area contributed by atoms with Crippen LogP contribution >= 0.6 is 35.9 Å². The normalized spacial score (nSPS) is 16.8. The molecule has 2 saturated carbocycles. The second-order valence-corrected chi connectivity index (χ2v) is 25.0. The van der Waals surface area contributed by atoms with Crippen LogP contribution in [0.4, 0.5) is 16.4 Å². The summed E-state index contributed by atoms with van der Waals surface area (Å²) in [6.07, 6.45) is 8.55. The lowest BCUT2D eigenvalue weighted by Crippen LogP contribution is -2.42. The van der Waals surface area contributed by atoms with E-state index in [0.717, 1.165) is 88.7 Å². The summed E-state index contributed by atoms with van der Waals surface area (Å²) >= 11 is 3.51. The van der Waals surface area contributed by atoms with Crippen molar-refractivity contribution in [1.29, 1.82) is 0 Å². The number of nitrogens with one attached hydrogen (secondary N) is 1. The zero-order chi connectivity index (χ0) is 57.0. The number of amides is 1. The number of anilines is 2. The summed E-state index contributed by atoms with van der Waals surface area (Å²) in [7, 11) is 1.66. The SMILES string of the molecule is COc1ccc(COc2cccc(OCC3CC3)c2-c2cc(C3CCCN(C(=O)OC(C)(C)C)C3)c(CSc3ccccc3)c(N)n2)cc1.Cl.Nc1nc(-c2c(O)cccc2OCC2CC2)cc(C2CCCNC2)c1CSc1ccccc1. The van der Waals surface area contributed by atoms with E-state index in [0.29, 0.717) is 96.5 Å². The van der Waals surface area contributed by atoms with Crippen molar-refractivity contribution in [1.82, 2.24) is 20.2 Å². The van der Waals surface area contributed by atoms with Gasteiger partial charge in [-0.2, -0.15) is 0 Å². The Morgan fingerprint density at radius 2 is 1.19 bits per heavy atom. The molecule has 438 valence electrons. The molecule has 0 spiro atoms. The number of piperidine rings is 2. The quantitative estimate of drug-likeness (QED) is 0.0530. The summed E-state index contributed by atoms with van der Waals surface area (Å²) in [5.41, 5.74) is 21.2. The Hall–Kier alpha value is -6.78. The van der Waals surface area contributed by atoms with Crippen LogP contribution in [-0.4, -0.2) is 78.2 Å². The number of likely N-dealkylation sites (tertiary alicyclic amines) is 1. The predicted molar refractivity (Wildman–Crippen MR) is 337 cm³/mol. The predicted octanol–water partition coefficient (Wildman–Crippen LogP) is 15.1. The summed E-state index contributed by atoms with van der Waals surface area (Å²) in [4.78, 5) is 27.2. The van der Waals surface area contributed by atoms with E-state index in [-0.39, 0.29) is 30.2 Å². The highest BCUT2D eigenvalue weighted by molar-refractivity contribution is 7.98. The molecule has 6 N–H and O–H groups in total. The van der Waals surface area contributed by atoms with Gasteiger partial charge in [-0.05, 0) is 186 Å². The van der Waals surface area contributed by atoms with Crippen LogP contribution in [0.5, 0.6) is 28.7 Å². The summed E-state index contributed by atoms with van der Waals surface area (Å²) in [6, 6.07) is 44.2. The molecule has 2 aliphatic carbocycles. The molecule has 2 unspecified atom stereocenters. The summed E-state index contributed by atoms with van der Waals surface area (Å²) in [6.45, 7) is 10.6. The number of hydrogen-bond acceptors (Lipinski definition) is 14. The zero-order valence-electron chi connectivity index (χ0n) is 48.1. The molecule has 2 saturated heterocycles. The van der Waals surface area contributed by atoms with Gasteiger partial charge in [-0.1, -0.05) is 60.7 Å². The molecule has 2 aliphatic heterocycles. The van der Waals surface area contributed by atoms with Gasteiger partial charge in [0.2, 0.25) is 0 Å². The van der Waals surface area contributed by atoms with Gasteiger partial charge in [0.25, 0.3) is 0 Å². The molecule has 11 rings (SSSR count). The Morgan fingerprint density at radius 3 is 1.73 bits per heavy atom. The van der Waals surface area contributed by atoms with Crippen molar-refractivity contribution in [3.05, 3.63) is 161 Å². The molecule has 13 nitrogen and oxygen atoms in total. The highest BCUT2D eigenvalue weighted by atomic mass is 35.5. The minimum atomic E-state index is -0.567. The Kier molecular flexibility index (Phi) is 21.0. The van der Waals surface area contributed by atoms with Gasteiger partial charge in [0, 0.05) is 58.0 Å². The number of nitrogen functional groups attached to an aromatic ring is 2. The Labute approximate surface area is 504 Å². The van der Waals surface area contributed by atoms with E-state index in [4.69, 9.17) is 45.1 Å². The first-order chi connectivity index (χ1) is 39.8. The third kappa shape index (κ3) is 16.7. The Morgan fingerprint density at radius 1 is 0.663 bits per heavy atom. The van der Waals surface area contributed by atoms with E-state index in [2.05, 4.69) is 53.8 Å². The van der Waals surface area contributed by atoms with E-state index >= 15 is 0 Å². The molecular weight excluding hydrogens is 1100 g/mol. The number of phenols is 1. The largest absolute Gasteiger partial charge is 0.507 e. The van der Waals surface area contributed by atoms with Crippen LogP contribution in [0.25, 0.3) is 22.5 Å². The third-order valence-electron chi connectivity index (χ3n) is 15.3. The Bertz CT molecular complexity index is 3250. The maximum atomic E-state index is 13.2. The van der Waals surface area contributed by atoms with Gasteiger partial charge in [0.15, 0.2) is 0 Å². The average molecular weight is 1180 g/mol. The van der Waals surface area contributed by atoms with Crippen LogP contribution in [0.1, 0.15) is 112 Å². The third-order valence-corrected chi connectivity index (χ3v) is 17.4. The molecule has 1 amide bonds. The number of halogens is 1. The molecular formula is C67H79ClN6O7S2. The monoisotopic (exact) mass is 1180 g/mol. The number of thioether (sulfide) groups is 2. The number of carbonyl (C=O) groups excluding carboxylic acids is 1. The number of benzene rings is 5. The maximum absolute atomic E-state index is 13.2. The van der Waals surface area contributed by atoms with Crippen molar-refractivity contribution in [2.75, 3.05) is 58.0 Å². The number of rotatable bonds is 20. The minimum absolute atomic E-state index is 0. The van der Waals surface area contributed by atoms with Gasteiger partial charge in [-0.15, -0.1) is 35.9 Å². The molecule has 83 heavy (non-hydrogen) atoms. The smallest absolute Gasteiger partial charge is 0.410 e. The molecule has 4 aliphatic rings. The van der Waals surface area contributed by atoms with Crippen LogP contribution in [-0.2, 0) is 22.8 Å². The summed E-state index contributed by atoms with van der Waals surface area (Å²) in [5.74, 6) is 7.10. The number of carbonyl (C=O) groups is 1. The highest BCUT2D eigenvalue weighted by Crippen LogP contribution is 2.45. The second-order valence-electron chi connectivity index (χ2n) is 22.9. The number of ether oxygens (including phenoxy) is 5. The fourth-order valence-electron chi connectivity index (χ4n) is 10.5. The molecule has 16 heteroatoms. The molecule has 7 aromatic rings. The summed E-state index contributed by atoms with van der Waals surface area (Å²) < 4.78 is 30.1. The van der Waals surface area contributed by atoms with E-state index in [1.54, 1.807) is 36.7 Å². The second kappa shape index (κ2) is 28.7.